The normalized spacial score (nSPS) is 15.7. The fraction of sp³-hybridized carbons (Fsp3) is 0.381. The monoisotopic (exact) mass is 356 g/mol. The van der Waals surface area contributed by atoms with Gasteiger partial charge in [0.1, 0.15) is 11.9 Å². The maximum absolute atomic E-state index is 13.4. The van der Waals surface area contributed by atoms with Crippen LogP contribution in [0.25, 0.3) is 0 Å². The molecule has 26 heavy (non-hydrogen) atoms. The van der Waals surface area contributed by atoms with Crippen LogP contribution in [0, 0.1) is 5.82 Å². The van der Waals surface area contributed by atoms with E-state index < -0.39 is 5.82 Å². The number of quaternary nitrogens is 1. The Morgan fingerprint density at radius 3 is 2.46 bits per heavy atom. The summed E-state index contributed by atoms with van der Waals surface area (Å²) >= 11 is 0. The molecule has 2 aromatic carbocycles. The van der Waals surface area contributed by atoms with Crippen LogP contribution in [0.5, 0.6) is 0 Å². The van der Waals surface area contributed by atoms with Gasteiger partial charge in [0.15, 0.2) is 0 Å². The van der Waals surface area contributed by atoms with Gasteiger partial charge in [-0.25, -0.2) is 4.39 Å². The predicted molar refractivity (Wildman–Crippen MR) is 102 cm³/mol. The molecule has 138 valence electrons. The second-order valence-electron chi connectivity index (χ2n) is 7.12. The fourth-order valence-electron chi connectivity index (χ4n) is 3.61. The summed E-state index contributed by atoms with van der Waals surface area (Å²) in [5, 5.41) is 3.00. The van der Waals surface area contributed by atoms with Crippen molar-refractivity contribution in [2.75, 3.05) is 38.6 Å². The van der Waals surface area contributed by atoms with Gasteiger partial charge in [0.25, 0.3) is 5.91 Å². The van der Waals surface area contributed by atoms with Crippen LogP contribution in [0.2, 0.25) is 0 Å². The Hall–Kier alpha value is -2.40. The molecule has 5 heteroatoms. The lowest BCUT2D eigenvalue weighted by Gasteiger charge is -2.26. The van der Waals surface area contributed by atoms with Crippen molar-refractivity contribution in [1.82, 2.24) is 5.32 Å². The second-order valence-corrected chi connectivity index (χ2v) is 7.12. The zero-order valence-electron chi connectivity index (χ0n) is 15.5. The van der Waals surface area contributed by atoms with Crippen molar-refractivity contribution in [2.24, 2.45) is 0 Å². The molecule has 0 unspecified atom stereocenters. The molecular formula is C21H27FN3O+. The Kier molecular flexibility index (Phi) is 5.89. The number of amides is 1. The summed E-state index contributed by atoms with van der Waals surface area (Å²) in [4.78, 5) is 16.0. The topological polar surface area (TPSA) is 36.8 Å². The molecule has 2 aromatic rings. The highest BCUT2D eigenvalue weighted by atomic mass is 19.1. The molecule has 0 aliphatic carbocycles. The first-order valence-electron chi connectivity index (χ1n) is 9.20. The molecule has 0 radical (unpaired) electrons. The van der Waals surface area contributed by atoms with Crippen molar-refractivity contribution in [3.63, 3.8) is 0 Å². The van der Waals surface area contributed by atoms with Gasteiger partial charge in [-0.05, 0) is 30.3 Å². The van der Waals surface area contributed by atoms with Crippen LogP contribution in [0.15, 0.2) is 48.5 Å². The molecule has 4 nitrogen and oxygen atoms in total. The van der Waals surface area contributed by atoms with Crippen LogP contribution < -0.4 is 15.1 Å². The maximum Gasteiger partial charge on any atom is 0.251 e. The van der Waals surface area contributed by atoms with Crippen LogP contribution in [0.1, 0.15) is 34.8 Å². The standard InChI is InChI=1S/C21H26FN3O/c1-24(2)19-10-8-16(9-11-19)20(25-12-3-4-13-25)15-23-21(26)17-6-5-7-18(22)14-17/h5-11,14,20H,3-4,12-13,15H2,1-2H3,(H,23,26)/p+1/t20-/m1/s1. The average Bonchev–Trinajstić information content (AvgIpc) is 3.16. The minimum absolute atomic E-state index is 0.214. The van der Waals surface area contributed by atoms with E-state index in [1.807, 2.05) is 14.1 Å². The lowest BCUT2D eigenvalue weighted by Crippen LogP contribution is -3.11. The van der Waals surface area contributed by atoms with Gasteiger partial charge in [-0.2, -0.15) is 0 Å². The Bertz CT molecular complexity index is 739. The average molecular weight is 356 g/mol. The van der Waals surface area contributed by atoms with Crippen LogP contribution in [-0.2, 0) is 0 Å². The van der Waals surface area contributed by atoms with Gasteiger partial charge >= 0.3 is 0 Å². The zero-order valence-corrected chi connectivity index (χ0v) is 15.5. The van der Waals surface area contributed by atoms with E-state index in [1.54, 1.807) is 12.1 Å². The van der Waals surface area contributed by atoms with E-state index in [9.17, 15) is 9.18 Å². The number of anilines is 1. The minimum atomic E-state index is -0.390. The Morgan fingerprint density at radius 2 is 1.85 bits per heavy atom. The highest BCUT2D eigenvalue weighted by molar-refractivity contribution is 5.94. The first kappa shape index (κ1) is 18.4. The molecule has 0 saturated carbocycles. The molecule has 1 fully saturated rings. The van der Waals surface area contributed by atoms with Gasteiger partial charge < -0.3 is 15.1 Å². The smallest absolute Gasteiger partial charge is 0.251 e. The summed E-state index contributed by atoms with van der Waals surface area (Å²) in [7, 11) is 4.05. The van der Waals surface area contributed by atoms with E-state index >= 15 is 0 Å². The highest BCUT2D eigenvalue weighted by Gasteiger charge is 2.28. The first-order valence-corrected chi connectivity index (χ1v) is 9.20. The lowest BCUT2D eigenvalue weighted by atomic mass is 10.0. The number of carbonyl (C=O) groups excluding carboxylic acids is 1. The van der Waals surface area contributed by atoms with E-state index in [1.165, 1.54) is 35.4 Å². The molecule has 0 aromatic heterocycles. The van der Waals surface area contributed by atoms with E-state index in [4.69, 9.17) is 0 Å². The van der Waals surface area contributed by atoms with Gasteiger partial charge in [-0.3, -0.25) is 4.79 Å². The number of nitrogens with one attached hydrogen (secondary N) is 2. The summed E-state index contributed by atoms with van der Waals surface area (Å²) in [5.74, 6) is -0.614. The number of benzene rings is 2. The number of hydrogen-bond donors (Lipinski definition) is 2. The summed E-state index contributed by atoms with van der Waals surface area (Å²) in [6.45, 7) is 2.79. The van der Waals surface area contributed by atoms with Crippen molar-refractivity contribution in [3.8, 4) is 0 Å². The molecule has 1 aliphatic heterocycles. The molecule has 1 atom stereocenters. The summed E-state index contributed by atoms with van der Waals surface area (Å²) in [5.41, 5.74) is 2.75. The summed E-state index contributed by atoms with van der Waals surface area (Å²) in [6, 6.07) is 14.6. The molecule has 0 spiro atoms. The van der Waals surface area contributed by atoms with Crippen molar-refractivity contribution < 1.29 is 14.1 Å². The third kappa shape index (κ3) is 4.41. The van der Waals surface area contributed by atoms with E-state index in [0.717, 1.165) is 18.8 Å². The van der Waals surface area contributed by atoms with Crippen LogP contribution >= 0.6 is 0 Å². The summed E-state index contributed by atoms with van der Waals surface area (Å²) < 4.78 is 13.4. The molecule has 3 rings (SSSR count). The van der Waals surface area contributed by atoms with Gasteiger partial charge in [0.05, 0.1) is 19.6 Å². The molecule has 1 amide bonds. The van der Waals surface area contributed by atoms with E-state index in [-0.39, 0.29) is 11.9 Å². The molecule has 0 bridgehead atoms. The lowest BCUT2D eigenvalue weighted by molar-refractivity contribution is -0.918. The SMILES string of the molecule is CN(C)c1ccc([C@@H](CNC(=O)c2cccc(F)c2)[NH+]2CCCC2)cc1. The Labute approximate surface area is 154 Å². The largest absolute Gasteiger partial charge is 0.378 e. The second kappa shape index (κ2) is 8.32. The Balaban J connectivity index is 1.73. The van der Waals surface area contributed by atoms with Crippen LogP contribution in [-0.4, -0.2) is 39.6 Å². The Morgan fingerprint density at radius 1 is 1.15 bits per heavy atom. The van der Waals surface area contributed by atoms with Crippen molar-refractivity contribution in [3.05, 3.63) is 65.5 Å². The van der Waals surface area contributed by atoms with Crippen molar-refractivity contribution >= 4 is 11.6 Å². The predicted octanol–water partition coefficient (Wildman–Crippen LogP) is 2.04. The number of halogens is 1. The number of rotatable bonds is 6. The number of nitrogens with zero attached hydrogens (tertiary/aromatic N) is 1. The highest BCUT2D eigenvalue weighted by Crippen LogP contribution is 2.17. The van der Waals surface area contributed by atoms with Gasteiger partial charge in [-0.1, -0.05) is 18.2 Å². The van der Waals surface area contributed by atoms with Crippen LogP contribution in [0.4, 0.5) is 10.1 Å². The van der Waals surface area contributed by atoms with Gasteiger partial charge in [-0.15, -0.1) is 0 Å². The zero-order chi connectivity index (χ0) is 18.5. The first-order chi connectivity index (χ1) is 12.5. The van der Waals surface area contributed by atoms with Crippen molar-refractivity contribution in [1.29, 1.82) is 0 Å². The third-order valence-electron chi connectivity index (χ3n) is 5.10. The van der Waals surface area contributed by atoms with E-state index in [0.29, 0.717) is 12.1 Å². The van der Waals surface area contributed by atoms with Crippen molar-refractivity contribution in [2.45, 2.75) is 18.9 Å². The third-order valence-corrected chi connectivity index (χ3v) is 5.10. The quantitative estimate of drug-likeness (QED) is 0.831. The maximum atomic E-state index is 13.4. The molecule has 1 aliphatic rings. The number of hydrogen-bond acceptors (Lipinski definition) is 2. The van der Waals surface area contributed by atoms with Gasteiger partial charge in [0, 0.05) is 43.8 Å². The van der Waals surface area contributed by atoms with E-state index in [2.05, 4.69) is 34.5 Å². The molecule has 1 heterocycles. The van der Waals surface area contributed by atoms with Crippen LogP contribution in [0.3, 0.4) is 0 Å². The molecular weight excluding hydrogens is 329 g/mol. The number of likely N-dealkylation sites (tertiary alicyclic amines) is 1. The molecule has 1 saturated heterocycles. The molecule has 2 N–H and O–H groups in total. The number of carbonyl (C=O) groups is 1. The summed E-state index contributed by atoms with van der Waals surface area (Å²) in [6.07, 6.45) is 2.44. The van der Waals surface area contributed by atoms with Gasteiger partial charge in [0.2, 0.25) is 0 Å². The minimum Gasteiger partial charge on any atom is -0.378 e. The fourth-order valence-corrected chi connectivity index (χ4v) is 3.61.